The van der Waals surface area contributed by atoms with E-state index in [2.05, 4.69) is 16.5 Å². The minimum absolute atomic E-state index is 0.123. The maximum absolute atomic E-state index is 13.7. The van der Waals surface area contributed by atoms with Crippen LogP contribution in [0, 0.1) is 19.8 Å². The number of esters is 3. The van der Waals surface area contributed by atoms with Crippen LogP contribution in [0.5, 0.6) is 0 Å². The van der Waals surface area contributed by atoms with E-state index in [0.29, 0.717) is 51.3 Å². The van der Waals surface area contributed by atoms with E-state index in [-0.39, 0.29) is 30.8 Å². The number of nitrogens with zero attached hydrogens (tertiary/aromatic N) is 2. The van der Waals surface area contributed by atoms with Gasteiger partial charge in [-0.05, 0) is 105 Å². The Morgan fingerprint density at radius 3 is 2.17 bits per heavy atom. The first-order valence-electron chi connectivity index (χ1n) is 17.2. The minimum atomic E-state index is -1.16. The van der Waals surface area contributed by atoms with E-state index >= 15 is 0 Å². The smallest absolute Gasteiger partial charge is 0.334 e. The number of carbonyl (C=O) groups excluding carboxylic acids is 4. The summed E-state index contributed by atoms with van der Waals surface area (Å²) in [6.45, 7) is 11.7. The normalized spacial score (nSPS) is 17.8. The first-order valence-corrected chi connectivity index (χ1v) is 17.2. The van der Waals surface area contributed by atoms with E-state index in [0.717, 1.165) is 38.9 Å². The molecule has 3 aromatic rings. The fourth-order valence-electron chi connectivity index (χ4n) is 7.68. The van der Waals surface area contributed by atoms with Crippen molar-refractivity contribution in [1.82, 2.24) is 19.9 Å². The summed E-state index contributed by atoms with van der Waals surface area (Å²) >= 11 is 0. The molecule has 0 aromatic carbocycles. The molecule has 2 atom stereocenters. The zero-order valence-electron chi connectivity index (χ0n) is 30.8. The van der Waals surface area contributed by atoms with Crippen molar-refractivity contribution < 1.29 is 38.5 Å². The summed E-state index contributed by atoms with van der Waals surface area (Å²) in [4.78, 5) is 67.9. The van der Waals surface area contributed by atoms with Crippen molar-refractivity contribution in [2.24, 2.45) is 5.92 Å². The number of allylic oxidation sites excluding steroid dienone is 5. The highest BCUT2D eigenvalue weighted by Crippen LogP contribution is 2.52. The Balaban J connectivity index is 1.77. The van der Waals surface area contributed by atoms with Gasteiger partial charge >= 0.3 is 17.9 Å². The van der Waals surface area contributed by atoms with Crippen LogP contribution in [0.15, 0.2) is 48.6 Å². The average molecular weight is 718 g/mol. The van der Waals surface area contributed by atoms with Crippen LogP contribution in [0.25, 0.3) is 44.9 Å². The molecule has 274 valence electrons. The summed E-state index contributed by atoms with van der Waals surface area (Å²) in [6, 6.07) is 7.54. The maximum atomic E-state index is 13.7. The van der Waals surface area contributed by atoms with Crippen molar-refractivity contribution >= 4 is 68.7 Å². The summed E-state index contributed by atoms with van der Waals surface area (Å²) in [5.41, 5.74) is 9.70. The molecule has 12 nitrogen and oxygen atoms in total. The molecule has 0 saturated heterocycles. The molecule has 2 N–H and O–H groups in total. The number of carboxylic acid groups (broad SMARTS) is 1. The van der Waals surface area contributed by atoms with E-state index in [1.54, 1.807) is 18.2 Å². The molecule has 53 heavy (non-hydrogen) atoms. The summed E-state index contributed by atoms with van der Waals surface area (Å²) in [6.07, 6.45) is 5.61. The molecule has 5 heterocycles. The number of methoxy groups -OCH3 is 3. The van der Waals surface area contributed by atoms with Crippen LogP contribution >= 0.6 is 0 Å². The Morgan fingerprint density at radius 1 is 0.830 bits per heavy atom. The number of H-pyrrole nitrogens is 2. The lowest BCUT2D eigenvalue weighted by atomic mass is 9.64. The zero-order chi connectivity index (χ0) is 38.4. The first kappa shape index (κ1) is 36.7. The third kappa shape index (κ3) is 6.28. The second-order valence-electron chi connectivity index (χ2n) is 13.5. The van der Waals surface area contributed by atoms with Crippen molar-refractivity contribution in [3.63, 3.8) is 0 Å². The quantitative estimate of drug-likeness (QED) is 0.216. The standard InChI is InChI=1S/C41H42N4O8/c1-9-23-20(2)28-16-29-21(3)24(11-14-36(46)47)31(42-29)18-32-25(12-15-37(48)51-6)22(4)30(43-32)17-34-27-13-10-26(39(49)52-7)38(40(50)53-8)41(27,5)35(45-34)19-33(23)44-28/h9-10,13,16-19,38,43-44H,1,11-12,14-15H2,2-8H3,(H,46,47)/p-1/t38-,41+/m0/s1. The van der Waals surface area contributed by atoms with Crippen LogP contribution in [0.2, 0.25) is 0 Å². The van der Waals surface area contributed by atoms with Gasteiger partial charge in [0.2, 0.25) is 0 Å². The molecule has 6 rings (SSSR count). The van der Waals surface area contributed by atoms with Gasteiger partial charge in [-0.2, -0.15) is 0 Å². The van der Waals surface area contributed by atoms with Gasteiger partial charge in [0, 0.05) is 40.0 Å². The summed E-state index contributed by atoms with van der Waals surface area (Å²) in [5, 5.41) is 11.6. The Morgan fingerprint density at radius 2 is 1.51 bits per heavy atom. The van der Waals surface area contributed by atoms with Crippen molar-refractivity contribution in [3.8, 4) is 0 Å². The number of carbonyl (C=O) groups is 4. The van der Waals surface area contributed by atoms with Gasteiger partial charge in [0.25, 0.3) is 0 Å². The van der Waals surface area contributed by atoms with Gasteiger partial charge in [0.15, 0.2) is 0 Å². The number of rotatable bonds is 9. The minimum Gasteiger partial charge on any atom is -0.550 e. The fourth-order valence-corrected chi connectivity index (χ4v) is 7.68. The van der Waals surface area contributed by atoms with Crippen LogP contribution in [-0.4, -0.2) is 65.1 Å². The Kier molecular flexibility index (Phi) is 9.83. The number of nitrogens with one attached hydrogen (secondary N) is 2. The maximum Gasteiger partial charge on any atom is 0.334 e. The largest absolute Gasteiger partial charge is 0.550 e. The van der Waals surface area contributed by atoms with E-state index < -0.39 is 29.2 Å². The zero-order valence-corrected chi connectivity index (χ0v) is 30.8. The van der Waals surface area contributed by atoms with Crippen molar-refractivity contribution in [2.75, 3.05) is 21.3 Å². The van der Waals surface area contributed by atoms with Crippen molar-refractivity contribution in [1.29, 1.82) is 0 Å². The molecule has 1 aliphatic carbocycles. The molecule has 2 aliphatic heterocycles. The Hall–Kier alpha value is -6.04. The molecule has 0 fully saturated rings. The van der Waals surface area contributed by atoms with Gasteiger partial charge in [-0.1, -0.05) is 24.8 Å². The molecule has 0 radical (unpaired) electrons. The number of hydrogen-bond donors (Lipinski definition) is 2. The van der Waals surface area contributed by atoms with Gasteiger partial charge in [0.1, 0.15) is 5.92 Å². The number of aromatic nitrogens is 4. The van der Waals surface area contributed by atoms with Crippen LogP contribution in [0.1, 0.15) is 78.1 Å². The summed E-state index contributed by atoms with van der Waals surface area (Å²) < 4.78 is 15.4. The van der Waals surface area contributed by atoms with Gasteiger partial charge in [-0.15, -0.1) is 0 Å². The van der Waals surface area contributed by atoms with Crippen LogP contribution < -0.4 is 5.11 Å². The van der Waals surface area contributed by atoms with Crippen LogP contribution in [-0.2, 0) is 45.2 Å². The highest BCUT2D eigenvalue weighted by Gasteiger charge is 2.53. The number of hydrogen-bond acceptors (Lipinski definition) is 10. The summed E-state index contributed by atoms with van der Waals surface area (Å²) in [5.74, 6) is -3.89. The fraction of sp³-hybridized carbons (Fsp3) is 0.317. The number of ether oxygens (including phenoxy) is 3. The van der Waals surface area contributed by atoms with Gasteiger partial charge in [0.05, 0.1) is 55.1 Å². The third-order valence-corrected chi connectivity index (χ3v) is 10.7. The predicted octanol–water partition coefficient (Wildman–Crippen LogP) is 5.38. The lowest BCUT2D eigenvalue weighted by Crippen LogP contribution is -2.42. The number of carboxylic acids is 1. The Bertz CT molecular complexity index is 2370. The molecule has 0 spiro atoms. The van der Waals surface area contributed by atoms with Crippen molar-refractivity contribution in [3.05, 3.63) is 93.6 Å². The average Bonchev–Trinajstić information content (AvgIpc) is 3.79. The molecule has 8 bridgehead atoms. The SMILES string of the molecule is C=Cc1c(C)c2cc3nc(cc4[nH]c(cc5nc(cc1[nH]2)[C@@]1(C)C5=CC=C(C(=O)OC)[C@H]1C(=O)OC)c(C)c4CCC(=O)OC)C(CCC(=O)[O-])=C3C. The number of aliphatic carboxylic acids is 1. The van der Waals surface area contributed by atoms with Crippen LogP contribution in [0.3, 0.4) is 0 Å². The van der Waals surface area contributed by atoms with E-state index in [1.165, 1.54) is 21.3 Å². The lowest BCUT2D eigenvalue weighted by molar-refractivity contribution is -0.305. The van der Waals surface area contributed by atoms with Crippen LogP contribution in [0.4, 0.5) is 0 Å². The predicted molar refractivity (Wildman–Crippen MR) is 199 cm³/mol. The Labute approximate surface area is 306 Å². The highest BCUT2D eigenvalue weighted by atomic mass is 16.5. The molecule has 0 saturated carbocycles. The number of aromatic amines is 2. The van der Waals surface area contributed by atoms with E-state index in [4.69, 9.17) is 24.2 Å². The molecule has 3 aliphatic rings. The molecule has 12 heteroatoms. The first-order chi connectivity index (χ1) is 25.3. The lowest BCUT2D eigenvalue weighted by Gasteiger charge is -2.36. The third-order valence-electron chi connectivity index (χ3n) is 10.7. The summed E-state index contributed by atoms with van der Waals surface area (Å²) in [7, 11) is 3.89. The van der Waals surface area contributed by atoms with Gasteiger partial charge in [-0.3, -0.25) is 14.6 Å². The second kappa shape index (κ2) is 14.2. The van der Waals surface area contributed by atoms with Crippen molar-refractivity contribution in [2.45, 2.75) is 58.8 Å². The van der Waals surface area contributed by atoms with Gasteiger partial charge in [-0.25, -0.2) is 9.78 Å². The molecule has 0 amide bonds. The monoisotopic (exact) mass is 717 g/mol. The number of fused-ring (bicyclic) bond motifs is 11. The van der Waals surface area contributed by atoms with E-state index in [9.17, 15) is 24.3 Å². The second-order valence-corrected chi connectivity index (χ2v) is 13.5. The number of aryl methyl sites for hydroxylation is 3. The van der Waals surface area contributed by atoms with E-state index in [1.807, 2.05) is 52.0 Å². The molecule has 3 aromatic heterocycles. The molecular formula is C41H41N4O8-. The topological polar surface area (TPSA) is 176 Å². The molecular weight excluding hydrogens is 676 g/mol. The molecule has 0 unspecified atom stereocenters. The van der Waals surface area contributed by atoms with Gasteiger partial charge < -0.3 is 34.1 Å². The highest BCUT2D eigenvalue weighted by molar-refractivity contribution is 6.02.